The van der Waals surface area contributed by atoms with E-state index in [1.165, 1.54) is 5.56 Å². The molecule has 12 heteroatoms. The molecule has 2 aliphatic rings. The van der Waals surface area contributed by atoms with E-state index < -0.39 is 12.1 Å². The number of halogens is 3. The number of hydrogen-bond acceptors (Lipinski definition) is 5. The van der Waals surface area contributed by atoms with Gasteiger partial charge in [-0.2, -0.15) is 18.3 Å². The summed E-state index contributed by atoms with van der Waals surface area (Å²) in [5.74, 6) is -2.84. The Morgan fingerprint density at radius 2 is 1.82 bits per heavy atom. The Kier molecular flexibility index (Phi) is 7.29. The lowest BCUT2D eigenvalue weighted by atomic mass is 9.92. The number of carboxylic acid groups (broad SMARTS) is 1. The van der Waals surface area contributed by atoms with Crippen LogP contribution in [0.15, 0.2) is 42.7 Å². The summed E-state index contributed by atoms with van der Waals surface area (Å²) < 4.78 is 33.4. The van der Waals surface area contributed by atoms with Crippen molar-refractivity contribution in [2.75, 3.05) is 31.1 Å². The zero-order valence-corrected chi connectivity index (χ0v) is 18.8. The van der Waals surface area contributed by atoms with E-state index in [4.69, 9.17) is 9.90 Å². The molecule has 4 rings (SSSR count). The molecular formula is C22H26F3N5O4. The van der Waals surface area contributed by atoms with E-state index in [1.54, 1.807) is 27.6 Å². The first-order valence-corrected chi connectivity index (χ1v) is 10.5. The predicted molar refractivity (Wildman–Crippen MR) is 116 cm³/mol. The number of nitrogens with zero attached hydrogens (tertiary/aromatic N) is 5. The molecule has 1 aromatic heterocycles. The van der Waals surface area contributed by atoms with Crippen LogP contribution in [0.3, 0.4) is 0 Å². The summed E-state index contributed by atoms with van der Waals surface area (Å²) in [6.07, 6.45) is -0.652. The van der Waals surface area contributed by atoms with E-state index in [-0.39, 0.29) is 23.9 Å². The Bertz CT molecular complexity index is 1040. The van der Waals surface area contributed by atoms with E-state index in [1.807, 2.05) is 31.4 Å². The monoisotopic (exact) mass is 481 g/mol. The molecule has 2 fully saturated rings. The molecule has 34 heavy (non-hydrogen) atoms. The van der Waals surface area contributed by atoms with Gasteiger partial charge in [0, 0.05) is 39.8 Å². The smallest absolute Gasteiger partial charge is 0.475 e. The summed E-state index contributed by atoms with van der Waals surface area (Å²) in [7, 11) is 1.84. The van der Waals surface area contributed by atoms with Gasteiger partial charge in [-0.1, -0.05) is 30.3 Å². The first kappa shape index (κ1) is 25.2. The van der Waals surface area contributed by atoms with Gasteiger partial charge in [0.15, 0.2) is 0 Å². The number of amides is 2. The van der Waals surface area contributed by atoms with Gasteiger partial charge in [-0.3, -0.25) is 19.2 Å². The van der Waals surface area contributed by atoms with Crippen molar-refractivity contribution in [2.45, 2.75) is 31.6 Å². The average molecular weight is 481 g/mol. The number of carbonyl (C=O) groups excluding carboxylic acids is 2. The zero-order chi connectivity index (χ0) is 25.1. The summed E-state index contributed by atoms with van der Waals surface area (Å²) in [5.41, 5.74) is 1.72. The van der Waals surface area contributed by atoms with Crippen molar-refractivity contribution < 1.29 is 32.7 Å². The first-order chi connectivity index (χ1) is 15.9. The van der Waals surface area contributed by atoms with E-state index >= 15 is 0 Å². The highest BCUT2D eigenvalue weighted by Crippen LogP contribution is 2.35. The third-order valence-corrected chi connectivity index (χ3v) is 5.91. The van der Waals surface area contributed by atoms with E-state index in [0.29, 0.717) is 6.54 Å². The molecule has 0 bridgehead atoms. The number of anilines is 1. The molecule has 9 nitrogen and oxygen atoms in total. The Labute approximate surface area is 194 Å². The van der Waals surface area contributed by atoms with Crippen molar-refractivity contribution in [1.29, 1.82) is 0 Å². The Morgan fingerprint density at radius 1 is 1.18 bits per heavy atom. The van der Waals surface area contributed by atoms with Crippen LogP contribution in [0.25, 0.3) is 0 Å². The molecule has 1 atom stereocenters. The molecule has 2 amide bonds. The van der Waals surface area contributed by atoms with Crippen LogP contribution in [0.4, 0.5) is 18.9 Å². The van der Waals surface area contributed by atoms with Crippen LogP contribution in [0, 0.1) is 0 Å². The number of piperazine rings is 1. The number of rotatable bonds is 3. The summed E-state index contributed by atoms with van der Waals surface area (Å²) in [6, 6.07) is 10.4. The number of hydrogen-bond donors (Lipinski definition) is 1. The fraction of sp³-hybridized carbons (Fsp3) is 0.455. The maximum absolute atomic E-state index is 12.7. The summed E-state index contributed by atoms with van der Waals surface area (Å²) in [6.45, 7) is 4.74. The molecule has 1 spiro atoms. The third kappa shape index (κ3) is 5.74. The van der Waals surface area contributed by atoms with Crippen molar-refractivity contribution in [1.82, 2.24) is 19.6 Å². The Balaban J connectivity index is 0.000000406. The molecule has 2 saturated heterocycles. The fourth-order valence-electron chi connectivity index (χ4n) is 4.35. The number of aliphatic carboxylic acids is 1. The molecule has 2 aromatic rings. The molecule has 0 saturated carbocycles. The Morgan fingerprint density at radius 3 is 2.35 bits per heavy atom. The molecular weight excluding hydrogens is 455 g/mol. The number of benzene rings is 1. The molecule has 1 unspecified atom stereocenters. The van der Waals surface area contributed by atoms with Gasteiger partial charge in [0.2, 0.25) is 11.8 Å². The standard InChI is InChI=1S/C20H25N5O2.C2HF3O2/c1-16(26)25-13-19(27)24(18-10-21-22(2)12-18)15-20(25)8-9-23(14-20)11-17-6-4-3-5-7-17;3-2(4,5)1(6)7/h3-7,10,12H,8-9,11,13-15H2,1-2H3;(H,6,7). The van der Waals surface area contributed by atoms with Gasteiger partial charge in [0.1, 0.15) is 6.54 Å². The van der Waals surface area contributed by atoms with Crippen LogP contribution in [0.2, 0.25) is 0 Å². The van der Waals surface area contributed by atoms with Gasteiger partial charge in [-0.25, -0.2) is 4.79 Å². The average Bonchev–Trinajstić information content (AvgIpc) is 3.36. The van der Waals surface area contributed by atoms with Crippen molar-refractivity contribution in [2.24, 2.45) is 7.05 Å². The van der Waals surface area contributed by atoms with Gasteiger partial charge in [0.05, 0.1) is 24.0 Å². The van der Waals surface area contributed by atoms with Crippen LogP contribution < -0.4 is 4.90 Å². The fourth-order valence-corrected chi connectivity index (χ4v) is 4.35. The van der Waals surface area contributed by atoms with E-state index in [0.717, 1.165) is 31.7 Å². The maximum Gasteiger partial charge on any atom is 0.490 e. The van der Waals surface area contributed by atoms with Crippen LogP contribution in [-0.4, -0.2) is 80.4 Å². The second-order valence-electron chi connectivity index (χ2n) is 8.43. The molecule has 0 radical (unpaired) electrons. The highest BCUT2D eigenvalue weighted by atomic mass is 19.4. The zero-order valence-electron chi connectivity index (χ0n) is 18.8. The highest BCUT2D eigenvalue weighted by molar-refractivity contribution is 5.98. The SMILES string of the molecule is CC(=O)N1CC(=O)N(c2cnn(C)c2)CC12CCN(Cc1ccccc1)C2.O=C(O)C(F)(F)F. The minimum Gasteiger partial charge on any atom is -0.475 e. The molecule has 184 valence electrons. The minimum absolute atomic E-state index is 0.0317. The second-order valence-corrected chi connectivity index (χ2v) is 8.43. The topological polar surface area (TPSA) is 99.0 Å². The van der Waals surface area contributed by atoms with Gasteiger partial charge in [0.25, 0.3) is 0 Å². The van der Waals surface area contributed by atoms with E-state index in [9.17, 15) is 22.8 Å². The van der Waals surface area contributed by atoms with Gasteiger partial charge in [-0.15, -0.1) is 0 Å². The van der Waals surface area contributed by atoms with Crippen LogP contribution in [-0.2, 0) is 28.0 Å². The number of carboxylic acids is 1. The van der Waals surface area contributed by atoms with Crippen molar-refractivity contribution in [3.8, 4) is 0 Å². The predicted octanol–water partition coefficient (Wildman–Crippen LogP) is 1.89. The minimum atomic E-state index is -5.08. The van der Waals surface area contributed by atoms with Gasteiger partial charge >= 0.3 is 12.1 Å². The lowest BCUT2D eigenvalue weighted by Crippen LogP contribution is -2.66. The second kappa shape index (κ2) is 9.84. The number of aromatic nitrogens is 2. The molecule has 3 heterocycles. The molecule has 0 aliphatic carbocycles. The number of carbonyl (C=O) groups is 3. The normalized spacial score (nSPS) is 20.9. The molecule has 2 aliphatic heterocycles. The number of alkyl halides is 3. The molecule has 1 aromatic carbocycles. The van der Waals surface area contributed by atoms with Gasteiger partial charge < -0.3 is 14.9 Å². The van der Waals surface area contributed by atoms with Crippen LogP contribution in [0.1, 0.15) is 18.9 Å². The quantitative estimate of drug-likeness (QED) is 0.719. The van der Waals surface area contributed by atoms with Crippen molar-refractivity contribution >= 4 is 23.5 Å². The van der Waals surface area contributed by atoms with Gasteiger partial charge in [-0.05, 0) is 12.0 Å². The Hall–Kier alpha value is -3.41. The third-order valence-electron chi connectivity index (χ3n) is 5.91. The highest BCUT2D eigenvalue weighted by Gasteiger charge is 2.50. The first-order valence-electron chi connectivity index (χ1n) is 10.5. The lowest BCUT2D eigenvalue weighted by molar-refractivity contribution is -0.192. The largest absolute Gasteiger partial charge is 0.490 e. The maximum atomic E-state index is 12.7. The number of likely N-dealkylation sites (tertiary alicyclic amines) is 1. The number of aryl methyl sites for hydroxylation is 1. The van der Waals surface area contributed by atoms with E-state index in [2.05, 4.69) is 22.1 Å². The van der Waals surface area contributed by atoms with Crippen molar-refractivity contribution in [3.63, 3.8) is 0 Å². The summed E-state index contributed by atoms with van der Waals surface area (Å²) >= 11 is 0. The van der Waals surface area contributed by atoms with Crippen molar-refractivity contribution in [3.05, 3.63) is 48.3 Å². The van der Waals surface area contributed by atoms with Crippen LogP contribution in [0.5, 0.6) is 0 Å². The summed E-state index contributed by atoms with van der Waals surface area (Å²) in [5, 5.41) is 11.3. The summed E-state index contributed by atoms with van der Waals surface area (Å²) in [4.78, 5) is 39.9. The molecule has 1 N–H and O–H groups in total. The lowest BCUT2D eigenvalue weighted by Gasteiger charge is -2.48. The van der Waals surface area contributed by atoms with Crippen LogP contribution >= 0.6 is 0 Å².